The molecule has 0 fully saturated rings. The molecule has 7 heteroatoms. The van der Waals surface area contributed by atoms with Crippen molar-refractivity contribution in [1.82, 2.24) is 5.43 Å². The van der Waals surface area contributed by atoms with Crippen LogP contribution in [0.2, 0.25) is 5.02 Å². The molecule has 0 radical (unpaired) electrons. The second kappa shape index (κ2) is 11.9. The molecule has 0 unspecified atom stereocenters. The molecule has 0 heterocycles. The minimum Gasteiger partial charge on any atom is -0.493 e. The van der Waals surface area contributed by atoms with Crippen molar-refractivity contribution >= 4 is 23.7 Å². The van der Waals surface area contributed by atoms with E-state index in [0.29, 0.717) is 29.7 Å². The van der Waals surface area contributed by atoms with E-state index in [1.54, 1.807) is 24.3 Å². The Bertz CT molecular complexity index is 778. The zero-order chi connectivity index (χ0) is 20.2. The van der Waals surface area contributed by atoms with Gasteiger partial charge in [0, 0.05) is 16.7 Å². The quantitative estimate of drug-likeness (QED) is 0.444. The molecule has 0 aromatic heterocycles. The Labute approximate surface area is 170 Å². The highest BCUT2D eigenvalue weighted by atomic mass is 35.5. The van der Waals surface area contributed by atoms with Gasteiger partial charge in [0.2, 0.25) is 0 Å². The maximum Gasteiger partial charge on any atom is 0.277 e. The van der Waals surface area contributed by atoms with Crippen LogP contribution in [0.5, 0.6) is 17.2 Å². The van der Waals surface area contributed by atoms with Gasteiger partial charge in [0.25, 0.3) is 5.91 Å². The van der Waals surface area contributed by atoms with Crippen molar-refractivity contribution in [3.05, 3.63) is 53.1 Å². The summed E-state index contributed by atoms with van der Waals surface area (Å²) in [6, 6.07) is 12.3. The fourth-order valence-electron chi connectivity index (χ4n) is 2.15. The molecule has 0 atom stereocenters. The molecule has 0 aliphatic carbocycles. The van der Waals surface area contributed by atoms with E-state index >= 15 is 0 Å². The zero-order valence-electron chi connectivity index (χ0n) is 16.1. The maximum atomic E-state index is 11.9. The van der Waals surface area contributed by atoms with Crippen molar-refractivity contribution < 1.29 is 19.0 Å². The Morgan fingerprint density at radius 1 is 1.00 bits per heavy atom. The third-order valence-electron chi connectivity index (χ3n) is 3.50. The number of nitrogens with one attached hydrogen (secondary N) is 1. The summed E-state index contributed by atoms with van der Waals surface area (Å²) in [5.74, 6) is 1.59. The van der Waals surface area contributed by atoms with Crippen molar-refractivity contribution in [2.75, 3.05) is 19.8 Å². The lowest BCUT2D eigenvalue weighted by Crippen LogP contribution is -2.24. The van der Waals surface area contributed by atoms with Gasteiger partial charge in [-0.25, -0.2) is 5.43 Å². The Hall–Kier alpha value is -2.73. The number of halogens is 1. The van der Waals surface area contributed by atoms with E-state index in [4.69, 9.17) is 25.8 Å². The SMILES string of the molecule is CCCOc1ccc(C=NNC(=O)COc2ccc(Cl)cc2)c(OCCC)c1. The van der Waals surface area contributed by atoms with E-state index in [9.17, 15) is 4.79 Å². The summed E-state index contributed by atoms with van der Waals surface area (Å²) in [7, 11) is 0. The number of hydrazone groups is 1. The van der Waals surface area contributed by atoms with Crippen molar-refractivity contribution in [3.8, 4) is 17.2 Å². The highest BCUT2D eigenvalue weighted by Gasteiger charge is 2.06. The molecule has 1 N–H and O–H groups in total. The molecule has 2 aromatic rings. The minimum atomic E-state index is -0.370. The van der Waals surface area contributed by atoms with E-state index in [1.165, 1.54) is 6.21 Å². The van der Waals surface area contributed by atoms with Crippen LogP contribution in [0.25, 0.3) is 0 Å². The largest absolute Gasteiger partial charge is 0.493 e. The van der Waals surface area contributed by atoms with Crippen molar-refractivity contribution in [2.24, 2.45) is 5.10 Å². The van der Waals surface area contributed by atoms with E-state index < -0.39 is 0 Å². The van der Waals surface area contributed by atoms with Crippen LogP contribution < -0.4 is 19.6 Å². The molecule has 0 aliphatic heterocycles. The van der Waals surface area contributed by atoms with Crippen LogP contribution >= 0.6 is 11.6 Å². The van der Waals surface area contributed by atoms with Crippen LogP contribution in [0.3, 0.4) is 0 Å². The molecular formula is C21H25ClN2O4. The highest BCUT2D eigenvalue weighted by Crippen LogP contribution is 2.24. The fraction of sp³-hybridized carbons (Fsp3) is 0.333. The number of hydrogen-bond acceptors (Lipinski definition) is 5. The lowest BCUT2D eigenvalue weighted by atomic mass is 10.2. The molecule has 2 rings (SSSR count). The summed E-state index contributed by atoms with van der Waals surface area (Å²) in [4.78, 5) is 11.9. The Balaban J connectivity index is 1.91. The number of rotatable bonds is 11. The topological polar surface area (TPSA) is 69.2 Å². The summed E-state index contributed by atoms with van der Waals surface area (Å²) in [6.45, 7) is 5.16. The van der Waals surface area contributed by atoms with Gasteiger partial charge in [0.15, 0.2) is 6.61 Å². The number of hydrogen-bond donors (Lipinski definition) is 1. The summed E-state index contributed by atoms with van der Waals surface area (Å²) in [6.07, 6.45) is 3.35. The zero-order valence-corrected chi connectivity index (χ0v) is 16.9. The van der Waals surface area contributed by atoms with E-state index in [0.717, 1.165) is 24.2 Å². The smallest absolute Gasteiger partial charge is 0.277 e. The monoisotopic (exact) mass is 404 g/mol. The van der Waals surface area contributed by atoms with Crippen LogP contribution in [-0.2, 0) is 4.79 Å². The number of benzene rings is 2. The number of nitrogens with zero attached hydrogens (tertiary/aromatic N) is 1. The predicted molar refractivity (Wildman–Crippen MR) is 111 cm³/mol. The standard InChI is InChI=1S/C21H25ClN2O4/c1-3-11-26-19-8-5-16(20(13-19)27-12-4-2)14-23-24-21(25)15-28-18-9-6-17(22)7-10-18/h5-10,13-14H,3-4,11-12,15H2,1-2H3,(H,24,25). The van der Waals surface area contributed by atoms with E-state index in [2.05, 4.69) is 17.5 Å². The van der Waals surface area contributed by atoms with Crippen LogP contribution in [0, 0.1) is 0 Å². The highest BCUT2D eigenvalue weighted by molar-refractivity contribution is 6.30. The first-order valence-electron chi connectivity index (χ1n) is 9.22. The average molecular weight is 405 g/mol. The van der Waals surface area contributed by atoms with Gasteiger partial charge in [0.1, 0.15) is 17.2 Å². The first-order chi connectivity index (χ1) is 13.6. The molecule has 28 heavy (non-hydrogen) atoms. The molecule has 2 aromatic carbocycles. The molecule has 6 nitrogen and oxygen atoms in total. The Morgan fingerprint density at radius 3 is 2.39 bits per heavy atom. The van der Waals surface area contributed by atoms with Gasteiger partial charge in [-0.3, -0.25) is 4.79 Å². The normalized spacial score (nSPS) is 10.7. The summed E-state index contributed by atoms with van der Waals surface area (Å²) in [5, 5.41) is 4.59. The second-order valence-corrected chi connectivity index (χ2v) is 6.37. The first-order valence-corrected chi connectivity index (χ1v) is 9.60. The molecule has 150 valence electrons. The third kappa shape index (κ3) is 7.48. The van der Waals surface area contributed by atoms with E-state index in [1.807, 2.05) is 25.1 Å². The van der Waals surface area contributed by atoms with Crippen molar-refractivity contribution in [2.45, 2.75) is 26.7 Å². The van der Waals surface area contributed by atoms with Gasteiger partial charge in [-0.05, 0) is 49.2 Å². The Kier molecular flexibility index (Phi) is 9.15. The second-order valence-electron chi connectivity index (χ2n) is 5.93. The molecule has 0 saturated carbocycles. The molecular weight excluding hydrogens is 380 g/mol. The van der Waals surface area contributed by atoms with Crippen LogP contribution in [0.4, 0.5) is 0 Å². The summed E-state index contributed by atoms with van der Waals surface area (Å²) >= 11 is 5.81. The fourth-order valence-corrected chi connectivity index (χ4v) is 2.28. The van der Waals surface area contributed by atoms with Gasteiger partial charge >= 0.3 is 0 Å². The van der Waals surface area contributed by atoms with Crippen LogP contribution in [0.1, 0.15) is 32.3 Å². The van der Waals surface area contributed by atoms with Crippen molar-refractivity contribution in [3.63, 3.8) is 0 Å². The first kappa shape index (κ1) is 21.6. The minimum absolute atomic E-state index is 0.151. The van der Waals surface area contributed by atoms with Crippen LogP contribution in [-0.4, -0.2) is 31.9 Å². The lowest BCUT2D eigenvalue weighted by molar-refractivity contribution is -0.123. The number of carbonyl (C=O) groups excluding carboxylic acids is 1. The van der Waals surface area contributed by atoms with Gasteiger partial charge in [-0.1, -0.05) is 25.4 Å². The number of ether oxygens (including phenoxy) is 3. The molecule has 0 bridgehead atoms. The maximum absolute atomic E-state index is 11.9. The molecule has 0 spiro atoms. The number of amides is 1. The molecule has 0 aliphatic rings. The van der Waals surface area contributed by atoms with Gasteiger partial charge < -0.3 is 14.2 Å². The summed E-state index contributed by atoms with van der Waals surface area (Å²) < 4.78 is 16.8. The Morgan fingerprint density at radius 2 is 1.68 bits per heavy atom. The third-order valence-corrected chi connectivity index (χ3v) is 3.75. The van der Waals surface area contributed by atoms with Crippen molar-refractivity contribution in [1.29, 1.82) is 0 Å². The van der Waals surface area contributed by atoms with Crippen LogP contribution in [0.15, 0.2) is 47.6 Å². The van der Waals surface area contributed by atoms with Gasteiger partial charge in [-0.15, -0.1) is 0 Å². The summed E-state index contributed by atoms with van der Waals surface area (Å²) in [5.41, 5.74) is 3.18. The lowest BCUT2D eigenvalue weighted by Gasteiger charge is -2.11. The number of carbonyl (C=O) groups is 1. The molecule has 1 amide bonds. The molecule has 0 saturated heterocycles. The van der Waals surface area contributed by atoms with Gasteiger partial charge in [-0.2, -0.15) is 5.10 Å². The van der Waals surface area contributed by atoms with Gasteiger partial charge in [0.05, 0.1) is 19.4 Å². The van der Waals surface area contributed by atoms with E-state index in [-0.39, 0.29) is 12.5 Å². The average Bonchev–Trinajstić information content (AvgIpc) is 2.71. The predicted octanol–water partition coefficient (Wildman–Crippen LogP) is 4.45.